The Morgan fingerprint density at radius 2 is 2.08 bits per heavy atom. The molecule has 1 fully saturated rings. The first-order valence-corrected chi connectivity index (χ1v) is 8.27. The molecule has 24 heavy (non-hydrogen) atoms. The van der Waals surface area contributed by atoms with Gasteiger partial charge in [-0.05, 0) is 55.7 Å². The molecular formula is C20H20N2O2. The summed E-state index contributed by atoms with van der Waals surface area (Å²) in [6, 6.07) is 17.1. The molecular weight excluding hydrogens is 300 g/mol. The molecule has 4 heteroatoms. The van der Waals surface area contributed by atoms with Gasteiger partial charge in [0.2, 0.25) is 0 Å². The van der Waals surface area contributed by atoms with Crippen LogP contribution in [-0.4, -0.2) is 24.0 Å². The maximum Gasteiger partial charge on any atom is 0.254 e. The van der Waals surface area contributed by atoms with Crippen molar-refractivity contribution in [3.8, 4) is 11.8 Å². The molecule has 1 heterocycles. The van der Waals surface area contributed by atoms with Crippen molar-refractivity contribution in [1.29, 1.82) is 5.26 Å². The van der Waals surface area contributed by atoms with E-state index in [0.717, 1.165) is 30.7 Å². The summed E-state index contributed by atoms with van der Waals surface area (Å²) in [5.41, 5.74) is 2.21. The van der Waals surface area contributed by atoms with Crippen molar-refractivity contribution < 1.29 is 9.53 Å². The summed E-state index contributed by atoms with van der Waals surface area (Å²) in [6.07, 6.45) is 1.94. The molecule has 0 aromatic heterocycles. The third-order valence-corrected chi connectivity index (χ3v) is 4.33. The maximum absolute atomic E-state index is 12.9. The average Bonchev–Trinajstić information content (AvgIpc) is 3.12. The van der Waals surface area contributed by atoms with Gasteiger partial charge >= 0.3 is 0 Å². The lowest BCUT2D eigenvalue weighted by Gasteiger charge is -2.25. The SMILES string of the molecule is CCOc1ccc([C@@H]2CCCN2C(=O)c2cccc(C#N)c2)cc1. The van der Waals surface area contributed by atoms with Crippen LogP contribution in [0.3, 0.4) is 0 Å². The zero-order chi connectivity index (χ0) is 16.9. The van der Waals surface area contributed by atoms with Gasteiger partial charge in [-0.3, -0.25) is 4.79 Å². The first kappa shape index (κ1) is 16.1. The normalized spacial score (nSPS) is 16.7. The third-order valence-electron chi connectivity index (χ3n) is 4.33. The van der Waals surface area contributed by atoms with E-state index >= 15 is 0 Å². The molecule has 0 radical (unpaired) electrons. The molecule has 0 saturated carbocycles. The summed E-state index contributed by atoms with van der Waals surface area (Å²) in [5, 5.41) is 9.02. The average molecular weight is 320 g/mol. The Morgan fingerprint density at radius 1 is 1.29 bits per heavy atom. The van der Waals surface area contributed by atoms with Crippen LogP contribution < -0.4 is 4.74 Å². The van der Waals surface area contributed by atoms with Gasteiger partial charge < -0.3 is 9.64 Å². The second-order valence-corrected chi connectivity index (χ2v) is 5.85. The van der Waals surface area contributed by atoms with Gasteiger partial charge in [-0.2, -0.15) is 5.26 Å². The van der Waals surface area contributed by atoms with Crippen molar-refractivity contribution in [3.05, 3.63) is 65.2 Å². The van der Waals surface area contributed by atoms with Crippen LogP contribution >= 0.6 is 0 Å². The van der Waals surface area contributed by atoms with Crippen LogP contribution in [0.2, 0.25) is 0 Å². The van der Waals surface area contributed by atoms with Crippen molar-refractivity contribution in [2.75, 3.05) is 13.2 Å². The molecule has 0 N–H and O–H groups in total. The van der Waals surface area contributed by atoms with Crippen molar-refractivity contribution in [3.63, 3.8) is 0 Å². The number of rotatable bonds is 4. The van der Waals surface area contributed by atoms with Gasteiger partial charge in [0.1, 0.15) is 5.75 Å². The van der Waals surface area contributed by atoms with Crippen LogP contribution in [0.1, 0.15) is 47.3 Å². The smallest absolute Gasteiger partial charge is 0.254 e. The van der Waals surface area contributed by atoms with E-state index in [9.17, 15) is 4.79 Å². The summed E-state index contributed by atoms with van der Waals surface area (Å²) in [4.78, 5) is 14.8. The molecule has 2 aromatic rings. The molecule has 122 valence electrons. The summed E-state index contributed by atoms with van der Waals surface area (Å²) in [7, 11) is 0. The Morgan fingerprint density at radius 3 is 2.79 bits per heavy atom. The minimum absolute atomic E-state index is 0.0107. The van der Waals surface area contributed by atoms with Crippen molar-refractivity contribution in [1.82, 2.24) is 4.90 Å². The fraction of sp³-hybridized carbons (Fsp3) is 0.300. The molecule has 1 saturated heterocycles. The predicted molar refractivity (Wildman–Crippen MR) is 91.8 cm³/mol. The molecule has 1 aliphatic heterocycles. The summed E-state index contributed by atoms with van der Waals surface area (Å²) < 4.78 is 5.48. The second kappa shape index (κ2) is 7.18. The molecule has 0 spiro atoms. The van der Waals surface area contributed by atoms with Gasteiger partial charge in [0.25, 0.3) is 5.91 Å². The minimum atomic E-state index is -0.0107. The van der Waals surface area contributed by atoms with Crippen LogP contribution in [0.4, 0.5) is 0 Å². The zero-order valence-corrected chi connectivity index (χ0v) is 13.7. The minimum Gasteiger partial charge on any atom is -0.494 e. The van der Waals surface area contributed by atoms with E-state index in [-0.39, 0.29) is 11.9 Å². The fourth-order valence-corrected chi connectivity index (χ4v) is 3.20. The van der Waals surface area contributed by atoms with Crippen LogP contribution in [0.15, 0.2) is 48.5 Å². The van der Waals surface area contributed by atoms with E-state index < -0.39 is 0 Å². The zero-order valence-electron chi connectivity index (χ0n) is 13.7. The highest BCUT2D eigenvalue weighted by molar-refractivity contribution is 5.95. The molecule has 4 nitrogen and oxygen atoms in total. The van der Waals surface area contributed by atoms with Gasteiger partial charge in [0.15, 0.2) is 0 Å². The van der Waals surface area contributed by atoms with Crippen LogP contribution in [0, 0.1) is 11.3 Å². The topological polar surface area (TPSA) is 53.3 Å². The van der Waals surface area contributed by atoms with Crippen LogP contribution in [-0.2, 0) is 0 Å². The Hall–Kier alpha value is -2.80. The van der Waals surface area contributed by atoms with Gasteiger partial charge in [0, 0.05) is 12.1 Å². The summed E-state index contributed by atoms with van der Waals surface area (Å²) in [6.45, 7) is 3.34. The van der Waals surface area contributed by atoms with E-state index in [2.05, 4.69) is 6.07 Å². The summed E-state index contributed by atoms with van der Waals surface area (Å²) >= 11 is 0. The second-order valence-electron chi connectivity index (χ2n) is 5.85. The first-order chi connectivity index (χ1) is 11.7. The monoisotopic (exact) mass is 320 g/mol. The number of amides is 1. The molecule has 1 atom stereocenters. The first-order valence-electron chi connectivity index (χ1n) is 8.27. The lowest BCUT2D eigenvalue weighted by Crippen LogP contribution is -2.30. The number of carbonyl (C=O) groups is 1. The third kappa shape index (κ3) is 3.26. The lowest BCUT2D eigenvalue weighted by molar-refractivity contribution is 0.0735. The number of carbonyl (C=O) groups excluding carboxylic acids is 1. The van der Waals surface area contributed by atoms with Gasteiger partial charge in [0.05, 0.1) is 24.3 Å². The van der Waals surface area contributed by atoms with Crippen molar-refractivity contribution in [2.24, 2.45) is 0 Å². The Labute approximate surface area is 142 Å². The standard InChI is InChI=1S/C20H20N2O2/c1-2-24-18-10-8-16(9-11-18)19-7-4-12-22(19)20(23)17-6-3-5-15(13-17)14-21/h3,5-6,8-11,13,19H,2,4,7,12H2,1H3/t19-/m0/s1. The molecule has 3 rings (SSSR count). The number of likely N-dealkylation sites (tertiary alicyclic amines) is 1. The van der Waals surface area contributed by atoms with Crippen molar-refractivity contribution in [2.45, 2.75) is 25.8 Å². The Kier molecular flexibility index (Phi) is 4.81. The number of ether oxygens (including phenoxy) is 1. The van der Waals surface area contributed by atoms with E-state index in [1.807, 2.05) is 36.1 Å². The number of hydrogen-bond acceptors (Lipinski definition) is 3. The van der Waals surface area contributed by atoms with Crippen molar-refractivity contribution >= 4 is 5.91 Å². The predicted octanol–water partition coefficient (Wildman–Crippen LogP) is 3.93. The summed E-state index contributed by atoms with van der Waals surface area (Å²) in [5.74, 6) is 0.835. The highest BCUT2D eigenvalue weighted by Crippen LogP contribution is 2.34. The highest BCUT2D eigenvalue weighted by atomic mass is 16.5. The molecule has 1 aliphatic rings. The van der Waals surface area contributed by atoms with Crippen LogP contribution in [0.25, 0.3) is 0 Å². The van der Waals surface area contributed by atoms with E-state index in [1.165, 1.54) is 0 Å². The fourth-order valence-electron chi connectivity index (χ4n) is 3.20. The molecule has 0 aliphatic carbocycles. The van der Waals surface area contributed by atoms with Gasteiger partial charge in [-0.25, -0.2) is 0 Å². The van der Waals surface area contributed by atoms with Gasteiger partial charge in [-0.15, -0.1) is 0 Å². The Balaban J connectivity index is 1.82. The molecule has 2 aromatic carbocycles. The van der Waals surface area contributed by atoms with E-state index in [1.54, 1.807) is 24.3 Å². The molecule has 0 unspecified atom stereocenters. The number of hydrogen-bond donors (Lipinski definition) is 0. The van der Waals surface area contributed by atoms with E-state index in [4.69, 9.17) is 10.00 Å². The maximum atomic E-state index is 12.9. The number of nitrogens with zero attached hydrogens (tertiary/aromatic N) is 2. The highest BCUT2D eigenvalue weighted by Gasteiger charge is 2.30. The number of nitriles is 1. The molecule has 1 amide bonds. The quantitative estimate of drug-likeness (QED) is 0.857. The van der Waals surface area contributed by atoms with Crippen LogP contribution in [0.5, 0.6) is 5.75 Å². The van der Waals surface area contributed by atoms with E-state index in [0.29, 0.717) is 17.7 Å². The number of benzene rings is 2. The lowest BCUT2D eigenvalue weighted by atomic mass is 10.0. The largest absolute Gasteiger partial charge is 0.494 e. The van der Waals surface area contributed by atoms with Gasteiger partial charge in [-0.1, -0.05) is 18.2 Å². The Bertz CT molecular complexity index is 762. The molecule has 0 bridgehead atoms.